The van der Waals surface area contributed by atoms with Crippen LogP contribution in [-0.4, -0.2) is 29.6 Å². The van der Waals surface area contributed by atoms with Gasteiger partial charge in [0.15, 0.2) is 0 Å². The number of hydrogen-bond donors (Lipinski definition) is 1. The Kier molecular flexibility index (Phi) is 5.48. The van der Waals surface area contributed by atoms with Crippen molar-refractivity contribution in [2.75, 3.05) is 6.54 Å². The van der Waals surface area contributed by atoms with Crippen LogP contribution in [-0.2, 0) is 4.79 Å². The first-order valence-electron chi connectivity index (χ1n) is 8.55. The molecule has 3 heteroatoms. The van der Waals surface area contributed by atoms with Crippen molar-refractivity contribution in [2.45, 2.75) is 78.4 Å². The van der Waals surface area contributed by atoms with Crippen LogP contribution < -0.4 is 5.32 Å². The van der Waals surface area contributed by atoms with Gasteiger partial charge in [0.05, 0.1) is 12.2 Å². The van der Waals surface area contributed by atoms with E-state index < -0.39 is 0 Å². The van der Waals surface area contributed by atoms with E-state index in [1.807, 2.05) is 0 Å². The Hall–Kier alpha value is -0.570. The van der Waals surface area contributed by atoms with E-state index in [0.29, 0.717) is 17.7 Å². The molecule has 3 nitrogen and oxygen atoms in total. The van der Waals surface area contributed by atoms with Crippen molar-refractivity contribution >= 4 is 5.91 Å². The van der Waals surface area contributed by atoms with Gasteiger partial charge in [-0.1, -0.05) is 53.4 Å². The van der Waals surface area contributed by atoms with Crippen LogP contribution in [0.15, 0.2) is 0 Å². The van der Waals surface area contributed by atoms with E-state index >= 15 is 0 Å². The topological polar surface area (TPSA) is 32.3 Å². The lowest BCUT2D eigenvalue weighted by atomic mass is 10.0. The molecule has 2 atom stereocenters. The van der Waals surface area contributed by atoms with Crippen molar-refractivity contribution in [3.63, 3.8) is 0 Å². The molecule has 0 bridgehead atoms. The predicted octanol–water partition coefficient (Wildman–Crippen LogP) is 3.40. The normalized spacial score (nSPS) is 28.3. The summed E-state index contributed by atoms with van der Waals surface area (Å²) in [4.78, 5) is 14.7. The van der Waals surface area contributed by atoms with Crippen LogP contribution in [0, 0.1) is 17.8 Å². The summed E-state index contributed by atoms with van der Waals surface area (Å²) in [6, 6.07) is 0.0299. The lowest BCUT2D eigenvalue weighted by Gasteiger charge is -2.26. The van der Waals surface area contributed by atoms with Gasteiger partial charge in [-0.2, -0.15) is 0 Å². The fourth-order valence-electron chi connectivity index (χ4n) is 3.71. The number of carbonyl (C=O) groups excluding carboxylic acids is 1. The highest BCUT2D eigenvalue weighted by molar-refractivity contribution is 5.84. The molecular weight excluding hydrogens is 248 g/mol. The number of amides is 1. The zero-order valence-corrected chi connectivity index (χ0v) is 13.7. The summed E-state index contributed by atoms with van der Waals surface area (Å²) in [7, 11) is 0. The van der Waals surface area contributed by atoms with Crippen LogP contribution in [0.1, 0.15) is 66.2 Å². The van der Waals surface area contributed by atoms with E-state index in [-0.39, 0.29) is 12.2 Å². The van der Waals surface area contributed by atoms with E-state index in [1.54, 1.807) is 0 Å². The van der Waals surface area contributed by atoms with Gasteiger partial charge >= 0.3 is 0 Å². The molecule has 2 aliphatic rings. The highest BCUT2D eigenvalue weighted by Gasteiger charge is 2.40. The van der Waals surface area contributed by atoms with E-state index in [4.69, 9.17) is 0 Å². The van der Waals surface area contributed by atoms with E-state index in [2.05, 4.69) is 37.9 Å². The maximum atomic E-state index is 12.6. The van der Waals surface area contributed by atoms with Gasteiger partial charge in [-0.3, -0.25) is 10.1 Å². The molecule has 1 amide bonds. The molecule has 1 saturated heterocycles. The molecule has 1 saturated carbocycles. The minimum absolute atomic E-state index is 0.0299. The van der Waals surface area contributed by atoms with E-state index in [9.17, 15) is 4.79 Å². The van der Waals surface area contributed by atoms with Gasteiger partial charge < -0.3 is 4.90 Å². The minimum atomic E-state index is 0.0299. The molecule has 116 valence electrons. The number of nitrogens with one attached hydrogen (secondary N) is 1. The average Bonchev–Trinajstić information content (AvgIpc) is 2.95. The lowest BCUT2D eigenvalue weighted by molar-refractivity contribution is -0.131. The van der Waals surface area contributed by atoms with Gasteiger partial charge in [-0.25, -0.2) is 0 Å². The third kappa shape index (κ3) is 3.75. The predicted molar refractivity (Wildman–Crippen MR) is 83.3 cm³/mol. The molecule has 1 aliphatic heterocycles. The van der Waals surface area contributed by atoms with Gasteiger partial charge in [0.2, 0.25) is 5.91 Å². The van der Waals surface area contributed by atoms with Crippen LogP contribution >= 0.6 is 0 Å². The Labute approximate surface area is 124 Å². The molecule has 0 spiro atoms. The standard InChI is InChI=1S/C17H32N2O/c1-12(2)11-15-18-16(13(3)4)17(20)19(15)10-9-14-7-5-6-8-14/h12-16,18H,5-11H2,1-4H3. The van der Waals surface area contributed by atoms with E-state index in [1.165, 1.54) is 32.1 Å². The molecule has 0 radical (unpaired) electrons. The molecule has 1 heterocycles. The Bertz CT molecular complexity index is 321. The van der Waals surface area contributed by atoms with Crippen molar-refractivity contribution in [1.29, 1.82) is 0 Å². The third-order valence-electron chi connectivity index (χ3n) is 4.91. The lowest BCUT2D eigenvalue weighted by Crippen LogP contribution is -2.39. The Morgan fingerprint density at radius 1 is 1.20 bits per heavy atom. The first-order valence-corrected chi connectivity index (χ1v) is 8.55. The number of hydrogen-bond acceptors (Lipinski definition) is 2. The zero-order chi connectivity index (χ0) is 14.7. The van der Waals surface area contributed by atoms with Crippen LogP contribution in [0.25, 0.3) is 0 Å². The second-order valence-corrected chi connectivity index (χ2v) is 7.50. The largest absolute Gasteiger partial charge is 0.326 e. The molecule has 2 unspecified atom stereocenters. The molecular formula is C17H32N2O. The van der Waals surface area contributed by atoms with Crippen LogP contribution in [0.4, 0.5) is 0 Å². The quantitative estimate of drug-likeness (QED) is 0.809. The number of carbonyl (C=O) groups is 1. The number of nitrogens with zero attached hydrogens (tertiary/aromatic N) is 1. The van der Waals surface area contributed by atoms with Gasteiger partial charge in [-0.15, -0.1) is 0 Å². The monoisotopic (exact) mass is 280 g/mol. The summed E-state index contributed by atoms with van der Waals surface area (Å²) in [5.41, 5.74) is 0. The first-order chi connectivity index (χ1) is 9.49. The summed E-state index contributed by atoms with van der Waals surface area (Å²) in [6.45, 7) is 9.72. The molecule has 1 N–H and O–H groups in total. The van der Waals surface area contributed by atoms with Crippen LogP contribution in [0.5, 0.6) is 0 Å². The van der Waals surface area contributed by atoms with Crippen molar-refractivity contribution in [2.24, 2.45) is 17.8 Å². The highest BCUT2D eigenvalue weighted by atomic mass is 16.2. The second kappa shape index (κ2) is 6.93. The van der Waals surface area contributed by atoms with Crippen LogP contribution in [0.3, 0.4) is 0 Å². The average molecular weight is 280 g/mol. The molecule has 0 aromatic rings. The molecule has 0 aromatic heterocycles. The molecule has 2 fully saturated rings. The highest BCUT2D eigenvalue weighted by Crippen LogP contribution is 2.29. The first kappa shape index (κ1) is 15.8. The molecule has 1 aliphatic carbocycles. The Morgan fingerprint density at radius 3 is 2.40 bits per heavy atom. The summed E-state index contributed by atoms with van der Waals surface area (Å²) in [5, 5.41) is 3.57. The number of rotatable bonds is 6. The summed E-state index contributed by atoms with van der Waals surface area (Å²) < 4.78 is 0. The van der Waals surface area contributed by atoms with Crippen molar-refractivity contribution in [3.05, 3.63) is 0 Å². The van der Waals surface area contributed by atoms with Gasteiger partial charge in [0.25, 0.3) is 0 Å². The minimum Gasteiger partial charge on any atom is -0.326 e. The van der Waals surface area contributed by atoms with Gasteiger partial charge in [-0.05, 0) is 30.6 Å². The van der Waals surface area contributed by atoms with Crippen molar-refractivity contribution < 1.29 is 4.79 Å². The Balaban J connectivity index is 1.95. The van der Waals surface area contributed by atoms with Crippen LogP contribution in [0.2, 0.25) is 0 Å². The van der Waals surface area contributed by atoms with E-state index in [0.717, 1.165) is 18.9 Å². The smallest absolute Gasteiger partial charge is 0.241 e. The fraction of sp³-hybridized carbons (Fsp3) is 0.941. The SMILES string of the molecule is CC(C)CC1NC(C(C)C)C(=O)N1CCC1CCCC1. The van der Waals surface area contributed by atoms with Gasteiger partial charge in [0, 0.05) is 6.54 Å². The molecule has 2 rings (SSSR count). The van der Waals surface area contributed by atoms with Crippen molar-refractivity contribution in [3.8, 4) is 0 Å². The summed E-state index contributed by atoms with van der Waals surface area (Å²) >= 11 is 0. The maximum Gasteiger partial charge on any atom is 0.241 e. The summed E-state index contributed by atoms with van der Waals surface area (Å²) in [5.74, 6) is 2.21. The maximum absolute atomic E-state index is 12.6. The molecule has 20 heavy (non-hydrogen) atoms. The third-order valence-corrected chi connectivity index (χ3v) is 4.91. The van der Waals surface area contributed by atoms with Crippen molar-refractivity contribution in [1.82, 2.24) is 10.2 Å². The second-order valence-electron chi connectivity index (χ2n) is 7.50. The fourth-order valence-corrected chi connectivity index (χ4v) is 3.71. The Morgan fingerprint density at radius 2 is 1.85 bits per heavy atom. The zero-order valence-electron chi connectivity index (χ0n) is 13.7. The van der Waals surface area contributed by atoms with Gasteiger partial charge in [0.1, 0.15) is 0 Å². The summed E-state index contributed by atoms with van der Waals surface area (Å²) in [6.07, 6.45) is 8.06. The molecule has 0 aromatic carbocycles.